The van der Waals surface area contributed by atoms with Gasteiger partial charge in [0, 0.05) is 17.2 Å². The first kappa shape index (κ1) is 28.1. The summed E-state index contributed by atoms with van der Waals surface area (Å²) in [5, 5.41) is 3.10. The number of benzene rings is 2. The van der Waals surface area contributed by atoms with E-state index in [0.717, 1.165) is 47.9 Å². The predicted octanol–water partition coefficient (Wildman–Crippen LogP) is 6.15. The second-order valence-corrected chi connectivity index (χ2v) is 13.2. The van der Waals surface area contributed by atoms with E-state index in [-0.39, 0.29) is 41.2 Å². The summed E-state index contributed by atoms with van der Waals surface area (Å²) in [6.45, 7) is 8.35. The van der Waals surface area contributed by atoms with Crippen LogP contribution in [0, 0.1) is 19.8 Å². The molecule has 40 heavy (non-hydrogen) atoms. The van der Waals surface area contributed by atoms with Gasteiger partial charge in [0.2, 0.25) is 11.8 Å². The van der Waals surface area contributed by atoms with E-state index < -0.39 is 10.0 Å². The fourth-order valence-electron chi connectivity index (χ4n) is 5.84. The molecule has 1 fully saturated rings. The summed E-state index contributed by atoms with van der Waals surface area (Å²) in [5.74, 6) is 0.385. The van der Waals surface area contributed by atoms with Gasteiger partial charge in [-0.15, -0.1) is 0 Å². The number of nitrogens with one attached hydrogen (secondary N) is 2. The van der Waals surface area contributed by atoms with Gasteiger partial charge in [0.25, 0.3) is 15.9 Å². The summed E-state index contributed by atoms with van der Waals surface area (Å²) >= 11 is 0. The maximum atomic E-state index is 13.7. The Morgan fingerprint density at radius 3 is 2.42 bits per heavy atom. The third-order valence-electron chi connectivity index (χ3n) is 7.77. The zero-order chi connectivity index (χ0) is 28.4. The predicted molar refractivity (Wildman–Crippen MR) is 156 cm³/mol. The number of hydrogen-bond donors (Lipinski definition) is 2. The van der Waals surface area contributed by atoms with Crippen molar-refractivity contribution in [1.82, 2.24) is 15.3 Å². The van der Waals surface area contributed by atoms with Gasteiger partial charge >= 0.3 is 0 Å². The fraction of sp³-hybridized carbons (Fsp3) is 0.452. The number of aromatic nitrogens is 2. The van der Waals surface area contributed by atoms with E-state index in [1.165, 1.54) is 12.5 Å². The number of carbonyl (C=O) groups excluding carboxylic acids is 1. The molecule has 1 saturated carbocycles. The highest BCUT2D eigenvalue weighted by molar-refractivity contribution is 7.92. The van der Waals surface area contributed by atoms with Gasteiger partial charge in [-0.2, -0.15) is 4.98 Å². The molecule has 8 nitrogen and oxygen atoms in total. The van der Waals surface area contributed by atoms with Gasteiger partial charge in [-0.05, 0) is 79.8 Å². The van der Waals surface area contributed by atoms with Gasteiger partial charge in [-0.1, -0.05) is 51.3 Å². The Kier molecular flexibility index (Phi) is 8.12. The van der Waals surface area contributed by atoms with Crippen molar-refractivity contribution in [2.24, 2.45) is 5.92 Å². The summed E-state index contributed by atoms with van der Waals surface area (Å²) in [4.78, 5) is 22.6. The SMILES string of the molecule is Cc1cccc(C)c1-c1cc2nc(n1)NS(=O)(=O)c1cc(cc(C3CCCCC3)c1)C(=O)N[C@H](CC(C)C)CO2. The Labute approximate surface area is 237 Å². The number of anilines is 1. The van der Waals surface area contributed by atoms with Crippen LogP contribution in [0.5, 0.6) is 5.88 Å². The lowest BCUT2D eigenvalue weighted by atomic mass is 9.83. The first-order valence-electron chi connectivity index (χ1n) is 14.2. The molecule has 1 aliphatic carbocycles. The van der Waals surface area contributed by atoms with Gasteiger partial charge in [0.1, 0.15) is 6.61 Å². The molecule has 0 radical (unpaired) electrons. The highest BCUT2D eigenvalue weighted by atomic mass is 32.2. The number of amides is 1. The van der Waals surface area contributed by atoms with E-state index in [1.54, 1.807) is 12.1 Å². The molecule has 4 bridgehead atoms. The fourth-order valence-corrected chi connectivity index (χ4v) is 6.87. The Hall–Kier alpha value is -3.46. The maximum Gasteiger partial charge on any atom is 0.264 e. The van der Waals surface area contributed by atoms with Gasteiger partial charge in [0.05, 0.1) is 16.6 Å². The molecule has 212 valence electrons. The minimum Gasteiger partial charge on any atom is -0.475 e. The normalized spacial score (nSPS) is 19.4. The molecule has 0 unspecified atom stereocenters. The zero-order valence-corrected chi connectivity index (χ0v) is 24.5. The molecular weight excluding hydrogens is 524 g/mol. The highest BCUT2D eigenvalue weighted by Crippen LogP contribution is 2.35. The van der Waals surface area contributed by atoms with Crippen LogP contribution in [0.2, 0.25) is 0 Å². The van der Waals surface area contributed by atoms with Crippen LogP contribution in [0.1, 0.15) is 85.3 Å². The lowest BCUT2D eigenvalue weighted by molar-refractivity contribution is 0.0913. The largest absolute Gasteiger partial charge is 0.475 e. The molecule has 2 aromatic carbocycles. The summed E-state index contributed by atoms with van der Waals surface area (Å²) in [7, 11) is -4.11. The first-order valence-corrected chi connectivity index (χ1v) is 15.6. The first-order chi connectivity index (χ1) is 19.1. The number of aryl methyl sites for hydroxylation is 2. The molecule has 0 saturated heterocycles. The maximum absolute atomic E-state index is 13.7. The van der Waals surface area contributed by atoms with Gasteiger partial charge in [-0.25, -0.2) is 18.1 Å². The van der Waals surface area contributed by atoms with Crippen molar-refractivity contribution < 1.29 is 17.9 Å². The molecule has 2 heterocycles. The van der Waals surface area contributed by atoms with E-state index in [9.17, 15) is 13.2 Å². The van der Waals surface area contributed by atoms with Crippen molar-refractivity contribution in [1.29, 1.82) is 0 Å². The lowest BCUT2D eigenvalue weighted by Gasteiger charge is -2.24. The van der Waals surface area contributed by atoms with Crippen LogP contribution in [0.15, 0.2) is 47.4 Å². The van der Waals surface area contributed by atoms with E-state index in [1.807, 2.05) is 38.1 Å². The van der Waals surface area contributed by atoms with Crippen LogP contribution in [-0.2, 0) is 10.0 Å². The minimum absolute atomic E-state index is 0.0314. The highest BCUT2D eigenvalue weighted by Gasteiger charge is 2.26. The third-order valence-corrected chi connectivity index (χ3v) is 9.07. The van der Waals surface area contributed by atoms with Crippen molar-refractivity contribution >= 4 is 21.9 Å². The summed E-state index contributed by atoms with van der Waals surface area (Å²) in [6, 6.07) is 12.4. The summed E-state index contributed by atoms with van der Waals surface area (Å²) in [6.07, 6.45) is 6.02. The molecule has 1 atom stereocenters. The second kappa shape index (κ2) is 11.6. The Morgan fingerprint density at radius 1 is 1.00 bits per heavy atom. The molecule has 1 aromatic heterocycles. The van der Waals surface area contributed by atoms with E-state index in [2.05, 4.69) is 33.9 Å². The third kappa shape index (κ3) is 6.30. The minimum atomic E-state index is -4.11. The molecule has 9 heteroatoms. The second-order valence-electron chi connectivity index (χ2n) is 11.5. The van der Waals surface area contributed by atoms with Crippen LogP contribution in [0.25, 0.3) is 11.3 Å². The van der Waals surface area contributed by atoms with E-state index in [0.29, 0.717) is 23.6 Å². The number of ether oxygens (including phenoxy) is 1. The van der Waals surface area contributed by atoms with E-state index >= 15 is 0 Å². The topological polar surface area (TPSA) is 110 Å². The van der Waals surface area contributed by atoms with Crippen LogP contribution < -0.4 is 14.8 Å². The lowest BCUT2D eigenvalue weighted by Crippen LogP contribution is -2.40. The molecule has 0 spiro atoms. The number of carbonyl (C=O) groups is 1. The molecule has 1 amide bonds. The van der Waals surface area contributed by atoms with Crippen LogP contribution in [-0.4, -0.2) is 36.9 Å². The quantitative estimate of drug-likeness (QED) is 0.395. The van der Waals surface area contributed by atoms with Crippen molar-refractivity contribution in [3.63, 3.8) is 0 Å². The van der Waals surface area contributed by atoms with Gasteiger partial charge in [-0.3, -0.25) is 4.79 Å². The molecule has 3 aromatic rings. The molecule has 1 aliphatic heterocycles. The summed E-state index contributed by atoms with van der Waals surface area (Å²) in [5.41, 5.74) is 4.69. The number of sulfonamides is 1. The number of hydrogen-bond acceptors (Lipinski definition) is 6. The Morgan fingerprint density at radius 2 is 1.73 bits per heavy atom. The van der Waals surface area contributed by atoms with Crippen molar-refractivity contribution in [3.05, 3.63) is 64.7 Å². The molecular formula is C31H38N4O4S. The van der Waals surface area contributed by atoms with Gasteiger partial charge < -0.3 is 10.1 Å². The average Bonchev–Trinajstić information content (AvgIpc) is 2.91. The summed E-state index contributed by atoms with van der Waals surface area (Å²) < 4.78 is 36.2. The Bertz CT molecular complexity index is 1490. The van der Waals surface area contributed by atoms with Crippen LogP contribution >= 0.6 is 0 Å². The number of fused-ring (bicyclic) bond motifs is 4. The standard InChI is InChI=1S/C31H38N4O4S/c1-19(2)13-25-18-39-28-17-27(29-20(3)9-8-10-21(29)4)33-31(34-28)35-40(37,38)26-15-23(22-11-6-5-7-12-22)14-24(16-26)30(36)32-25/h8-10,14-17,19,22,25H,5-7,11-13,18H2,1-4H3,(H,32,36)(H,33,34,35)/t25-/m1/s1. The molecule has 5 rings (SSSR count). The molecule has 2 aliphatic rings. The average molecular weight is 563 g/mol. The van der Waals surface area contributed by atoms with Crippen LogP contribution in [0.4, 0.5) is 5.95 Å². The van der Waals surface area contributed by atoms with Crippen molar-refractivity contribution in [3.8, 4) is 17.1 Å². The smallest absolute Gasteiger partial charge is 0.264 e. The van der Waals surface area contributed by atoms with Gasteiger partial charge in [0.15, 0.2) is 0 Å². The Balaban J connectivity index is 1.64. The molecule has 2 N–H and O–H groups in total. The van der Waals surface area contributed by atoms with E-state index in [4.69, 9.17) is 4.74 Å². The monoisotopic (exact) mass is 562 g/mol. The van der Waals surface area contributed by atoms with Crippen LogP contribution in [0.3, 0.4) is 0 Å². The van der Waals surface area contributed by atoms with Crippen molar-refractivity contribution in [2.75, 3.05) is 11.3 Å². The zero-order valence-electron chi connectivity index (χ0n) is 23.7. The number of nitrogens with zero attached hydrogens (tertiary/aromatic N) is 2. The van der Waals surface area contributed by atoms with Crippen molar-refractivity contribution in [2.45, 2.75) is 83.1 Å². The number of rotatable bonds is 4.